The number of piperidine rings is 1. The number of anilines is 1. The number of aliphatic hydroxyl groups is 1. The highest BCUT2D eigenvalue weighted by atomic mass is 127. The third-order valence-electron chi connectivity index (χ3n) is 3.28. The van der Waals surface area contributed by atoms with Gasteiger partial charge in [0.05, 0.1) is 15.9 Å². The monoisotopic (exact) mass is 359 g/mol. The van der Waals surface area contributed by atoms with E-state index in [1.165, 1.54) is 0 Å². The Morgan fingerprint density at radius 3 is 3.17 bits per heavy atom. The minimum atomic E-state index is -0.500. The summed E-state index contributed by atoms with van der Waals surface area (Å²) in [6.07, 6.45) is 3.90. The van der Waals surface area contributed by atoms with E-state index in [0.717, 1.165) is 33.5 Å². The highest BCUT2D eigenvalue weighted by Gasteiger charge is 2.25. The Hall–Kier alpha value is -0.930. The number of rotatable bonds is 1. The Kier molecular flexibility index (Phi) is 3.12. The van der Waals surface area contributed by atoms with Gasteiger partial charge in [0.1, 0.15) is 11.3 Å². The summed E-state index contributed by atoms with van der Waals surface area (Å²) in [5.74, 6) is 0.784. The number of aromatic nitrogens is 3. The van der Waals surface area contributed by atoms with Crippen molar-refractivity contribution in [3.63, 3.8) is 0 Å². The summed E-state index contributed by atoms with van der Waals surface area (Å²) in [5, 5.41) is 9.80. The first-order chi connectivity index (χ1) is 8.65. The van der Waals surface area contributed by atoms with Gasteiger partial charge in [-0.15, -0.1) is 0 Å². The van der Waals surface area contributed by atoms with Gasteiger partial charge in [0.15, 0.2) is 5.65 Å². The van der Waals surface area contributed by atoms with Crippen LogP contribution in [-0.4, -0.2) is 45.3 Å². The molecule has 96 valence electrons. The van der Waals surface area contributed by atoms with E-state index in [-0.39, 0.29) is 6.04 Å². The first-order valence-electron chi connectivity index (χ1n) is 5.83. The standard InChI is InChI=1S/C11H14IN5O/c12-6-3-15-11-10(6)14-4-9(16-11)17-2-1-7(13)8(18)5-17/h3-4,7-8,18H,1-2,5,13H2,(H,15,16)/t7-,8-/m0/s1. The lowest BCUT2D eigenvalue weighted by molar-refractivity contribution is 0.131. The fourth-order valence-electron chi connectivity index (χ4n) is 2.17. The minimum absolute atomic E-state index is 0.135. The second kappa shape index (κ2) is 4.63. The molecule has 0 amide bonds. The minimum Gasteiger partial charge on any atom is -0.390 e. The highest BCUT2D eigenvalue weighted by molar-refractivity contribution is 14.1. The van der Waals surface area contributed by atoms with E-state index >= 15 is 0 Å². The molecule has 0 spiro atoms. The van der Waals surface area contributed by atoms with Crippen LogP contribution >= 0.6 is 22.6 Å². The van der Waals surface area contributed by atoms with Crippen molar-refractivity contribution in [1.29, 1.82) is 0 Å². The number of H-pyrrole nitrogens is 1. The number of aliphatic hydroxyl groups excluding tert-OH is 1. The van der Waals surface area contributed by atoms with Crippen LogP contribution in [0.5, 0.6) is 0 Å². The molecule has 2 aromatic rings. The second-order valence-electron chi connectivity index (χ2n) is 4.53. The number of β-amino-alcohol motifs (C(OH)–C–C–N with tert-alkyl or cyclic N) is 1. The first-order valence-corrected chi connectivity index (χ1v) is 6.91. The fourth-order valence-corrected chi connectivity index (χ4v) is 2.72. The van der Waals surface area contributed by atoms with Crippen molar-refractivity contribution in [2.45, 2.75) is 18.6 Å². The molecule has 0 saturated carbocycles. The smallest absolute Gasteiger partial charge is 0.159 e. The number of nitrogens with two attached hydrogens (primary N) is 1. The van der Waals surface area contributed by atoms with Crippen molar-refractivity contribution < 1.29 is 5.11 Å². The van der Waals surface area contributed by atoms with Gasteiger partial charge in [0.2, 0.25) is 0 Å². The zero-order valence-corrected chi connectivity index (χ0v) is 11.8. The lowest BCUT2D eigenvalue weighted by atomic mass is 10.0. The molecule has 0 aromatic carbocycles. The SMILES string of the molecule is N[C@H]1CCN(c2cnc3c(I)c[nH]c3n2)C[C@@H]1O. The van der Waals surface area contributed by atoms with Crippen molar-refractivity contribution >= 4 is 39.6 Å². The van der Waals surface area contributed by atoms with Crippen molar-refractivity contribution in [2.24, 2.45) is 5.73 Å². The molecule has 3 rings (SSSR count). The van der Waals surface area contributed by atoms with Crippen molar-refractivity contribution in [3.05, 3.63) is 16.0 Å². The summed E-state index contributed by atoms with van der Waals surface area (Å²) in [4.78, 5) is 14.0. The third kappa shape index (κ3) is 2.06. The number of hydrogen-bond acceptors (Lipinski definition) is 5. The highest BCUT2D eigenvalue weighted by Crippen LogP contribution is 2.21. The molecule has 1 fully saturated rings. The van der Waals surface area contributed by atoms with Crippen LogP contribution in [0.1, 0.15) is 6.42 Å². The summed E-state index contributed by atoms with van der Waals surface area (Å²) in [7, 11) is 0. The predicted octanol–water partition coefficient (Wildman–Crippen LogP) is 0.461. The molecular weight excluding hydrogens is 345 g/mol. The van der Waals surface area contributed by atoms with Crippen LogP contribution < -0.4 is 10.6 Å². The fraction of sp³-hybridized carbons (Fsp3) is 0.455. The maximum atomic E-state index is 9.80. The van der Waals surface area contributed by atoms with Crippen LogP contribution in [0.25, 0.3) is 11.2 Å². The van der Waals surface area contributed by atoms with Crippen molar-refractivity contribution in [2.75, 3.05) is 18.0 Å². The Balaban J connectivity index is 1.90. The molecule has 0 unspecified atom stereocenters. The van der Waals surface area contributed by atoms with Gasteiger partial charge in [-0.2, -0.15) is 0 Å². The molecule has 4 N–H and O–H groups in total. The quantitative estimate of drug-likeness (QED) is 0.644. The Labute approximate surface area is 118 Å². The molecule has 0 radical (unpaired) electrons. The molecule has 6 nitrogen and oxygen atoms in total. The van der Waals surface area contributed by atoms with E-state index < -0.39 is 6.10 Å². The van der Waals surface area contributed by atoms with Gasteiger partial charge >= 0.3 is 0 Å². The molecule has 1 aliphatic heterocycles. The molecule has 0 bridgehead atoms. The normalized spacial score (nSPS) is 24.7. The van der Waals surface area contributed by atoms with Gasteiger partial charge < -0.3 is 20.7 Å². The van der Waals surface area contributed by atoms with Crippen LogP contribution in [0.3, 0.4) is 0 Å². The van der Waals surface area contributed by atoms with E-state index in [9.17, 15) is 5.11 Å². The number of nitrogens with zero attached hydrogens (tertiary/aromatic N) is 3. The van der Waals surface area contributed by atoms with E-state index in [1.54, 1.807) is 6.20 Å². The van der Waals surface area contributed by atoms with Gasteiger partial charge in [0.25, 0.3) is 0 Å². The summed E-state index contributed by atoms with van der Waals surface area (Å²) >= 11 is 2.22. The van der Waals surface area contributed by atoms with E-state index in [1.807, 2.05) is 11.1 Å². The molecule has 3 heterocycles. The van der Waals surface area contributed by atoms with Crippen LogP contribution in [-0.2, 0) is 0 Å². The number of halogens is 1. The van der Waals surface area contributed by atoms with Crippen LogP contribution in [0, 0.1) is 3.57 Å². The van der Waals surface area contributed by atoms with Gasteiger partial charge in [-0.3, -0.25) is 0 Å². The molecule has 2 aromatic heterocycles. The van der Waals surface area contributed by atoms with Gasteiger partial charge in [-0.1, -0.05) is 0 Å². The molecule has 0 aliphatic carbocycles. The number of nitrogens with one attached hydrogen (secondary N) is 1. The average molecular weight is 359 g/mol. The van der Waals surface area contributed by atoms with Crippen LogP contribution in [0.2, 0.25) is 0 Å². The molecule has 1 saturated heterocycles. The summed E-state index contributed by atoms with van der Waals surface area (Å²) in [6.45, 7) is 1.31. The summed E-state index contributed by atoms with van der Waals surface area (Å²) < 4.78 is 1.06. The van der Waals surface area contributed by atoms with E-state index in [2.05, 4.69) is 37.5 Å². The predicted molar refractivity (Wildman–Crippen MR) is 77.4 cm³/mol. The maximum Gasteiger partial charge on any atom is 0.159 e. The second-order valence-corrected chi connectivity index (χ2v) is 5.69. The number of fused-ring (bicyclic) bond motifs is 1. The zero-order valence-electron chi connectivity index (χ0n) is 9.67. The van der Waals surface area contributed by atoms with Crippen molar-refractivity contribution in [3.8, 4) is 0 Å². The average Bonchev–Trinajstić information content (AvgIpc) is 2.74. The first kappa shape index (κ1) is 12.1. The lowest BCUT2D eigenvalue weighted by Gasteiger charge is -2.34. The largest absolute Gasteiger partial charge is 0.390 e. The molecule has 2 atom stereocenters. The molecular formula is C11H14IN5O. The summed E-state index contributed by atoms with van der Waals surface area (Å²) in [5.41, 5.74) is 7.45. The van der Waals surface area contributed by atoms with Gasteiger partial charge in [-0.05, 0) is 29.0 Å². The Morgan fingerprint density at radius 1 is 1.56 bits per heavy atom. The lowest BCUT2D eigenvalue weighted by Crippen LogP contribution is -2.50. The number of aromatic amines is 1. The zero-order chi connectivity index (χ0) is 12.7. The molecule has 1 aliphatic rings. The maximum absolute atomic E-state index is 9.80. The van der Waals surface area contributed by atoms with Crippen LogP contribution in [0.4, 0.5) is 5.82 Å². The molecule has 7 heteroatoms. The Morgan fingerprint density at radius 2 is 2.39 bits per heavy atom. The third-order valence-corrected chi connectivity index (χ3v) is 4.10. The Bertz CT molecular complexity index is 572. The summed E-state index contributed by atoms with van der Waals surface area (Å²) in [6, 6.07) is -0.135. The van der Waals surface area contributed by atoms with E-state index in [0.29, 0.717) is 6.54 Å². The van der Waals surface area contributed by atoms with Crippen molar-refractivity contribution in [1.82, 2.24) is 15.0 Å². The van der Waals surface area contributed by atoms with Gasteiger partial charge in [-0.25, -0.2) is 9.97 Å². The molecule has 18 heavy (non-hydrogen) atoms. The topological polar surface area (TPSA) is 91.1 Å². The van der Waals surface area contributed by atoms with Gasteiger partial charge in [0, 0.05) is 25.3 Å². The van der Waals surface area contributed by atoms with E-state index in [4.69, 9.17) is 5.73 Å². The number of hydrogen-bond donors (Lipinski definition) is 3. The van der Waals surface area contributed by atoms with Crippen LogP contribution in [0.15, 0.2) is 12.4 Å².